The van der Waals surface area contributed by atoms with Crippen molar-refractivity contribution >= 4 is 21.8 Å². The Morgan fingerprint density at radius 3 is 2.58 bits per heavy atom. The number of aromatic nitrogens is 1. The quantitative estimate of drug-likeness (QED) is 0.745. The maximum Gasteiger partial charge on any atom is 0.307 e. The SMILES string of the molecule is CCN(CCC(=O)OC)c1ccc(S(N)(=O)=O)cn1. The number of nitrogens with zero attached hydrogens (tertiary/aromatic N) is 2. The number of hydrogen-bond acceptors (Lipinski definition) is 6. The molecule has 1 aromatic rings. The van der Waals surface area contributed by atoms with Gasteiger partial charge in [0.25, 0.3) is 0 Å². The number of nitrogens with two attached hydrogens (primary N) is 1. The van der Waals surface area contributed by atoms with E-state index < -0.39 is 10.0 Å². The number of ether oxygens (including phenoxy) is 1. The molecule has 1 heterocycles. The van der Waals surface area contributed by atoms with Crippen LogP contribution >= 0.6 is 0 Å². The molecule has 0 radical (unpaired) electrons. The van der Waals surface area contributed by atoms with Crippen LogP contribution in [0.2, 0.25) is 0 Å². The Bertz CT molecular complexity index is 527. The molecule has 0 fully saturated rings. The maximum atomic E-state index is 11.1. The summed E-state index contributed by atoms with van der Waals surface area (Å²) < 4.78 is 26.8. The largest absolute Gasteiger partial charge is 0.469 e. The van der Waals surface area contributed by atoms with E-state index in [0.717, 1.165) is 0 Å². The van der Waals surface area contributed by atoms with E-state index in [1.807, 2.05) is 11.8 Å². The van der Waals surface area contributed by atoms with Gasteiger partial charge >= 0.3 is 5.97 Å². The van der Waals surface area contributed by atoms with E-state index in [1.54, 1.807) is 6.07 Å². The number of sulfonamides is 1. The van der Waals surface area contributed by atoms with Gasteiger partial charge in [0.15, 0.2) is 0 Å². The van der Waals surface area contributed by atoms with Gasteiger partial charge in [-0.2, -0.15) is 0 Å². The number of methoxy groups -OCH3 is 1. The van der Waals surface area contributed by atoms with Gasteiger partial charge in [-0.3, -0.25) is 4.79 Å². The van der Waals surface area contributed by atoms with E-state index in [1.165, 1.54) is 19.4 Å². The van der Waals surface area contributed by atoms with E-state index in [9.17, 15) is 13.2 Å². The van der Waals surface area contributed by atoms with Crippen molar-refractivity contribution in [2.45, 2.75) is 18.2 Å². The Hall–Kier alpha value is -1.67. The lowest BCUT2D eigenvalue weighted by Crippen LogP contribution is -2.27. The summed E-state index contributed by atoms with van der Waals surface area (Å²) in [6.07, 6.45) is 1.44. The minimum atomic E-state index is -3.74. The van der Waals surface area contributed by atoms with Crippen LogP contribution in [0, 0.1) is 0 Å². The summed E-state index contributed by atoms with van der Waals surface area (Å²) in [6.45, 7) is 3.00. The molecule has 7 nitrogen and oxygen atoms in total. The van der Waals surface area contributed by atoms with Crippen LogP contribution in [0.25, 0.3) is 0 Å². The molecule has 19 heavy (non-hydrogen) atoms. The first-order chi connectivity index (χ1) is 8.88. The van der Waals surface area contributed by atoms with E-state index >= 15 is 0 Å². The average Bonchev–Trinajstić information content (AvgIpc) is 2.38. The monoisotopic (exact) mass is 287 g/mol. The van der Waals surface area contributed by atoms with Gasteiger partial charge in [0.1, 0.15) is 10.7 Å². The molecular formula is C11H17N3O4S. The third-order valence-electron chi connectivity index (χ3n) is 2.57. The van der Waals surface area contributed by atoms with Crippen LogP contribution in [0.5, 0.6) is 0 Å². The molecule has 106 valence electrons. The number of pyridine rings is 1. The molecule has 8 heteroatoms. The molecule has 0 spiro atoms. The lowest BCUT2D eigenvalue weighted by molar-refractivity contribution is -0.140. The van der Waals surface area contributed by atoms with Gasteiger partial charge in [0, 0.05) is 19.3 Å². The first kappa shape index (κ1) is 15.4. The predicted molar refractivity (Wildman–Crippen MR) is 70.1 cm³/mol. The van der Waals surface area contributed by atoms with Crippen LogP contribution in [0.15, 0.2) is 23.2 Å². The Labute approximate surface area is 112 Å². The minimum absolute atomic E-state index is 0.0414. The molecule has 0 atom stereocenters. The molecule has 1 aromatic heterocycles. The van der Waals surface area contributed by atoms with Gasteiger partial charge < -0.3 is 9.64 Å². The standard InChI is InChI=1S/C11H17N3O4S/c1-3-14(7-6-11(15)18-2)10-5-4-9(8-13-10)19(12,16)17/h4-5,8H,3,6-7H2,1-2H3,(H2,12,16,17). The van der Waals surface area contributed by atoms with Gasteiger partial charge in [0.05, 0.1) is 13.5 Å². The van der Waals surface area contributed by atoms with Crippen molar-refractivity contribution in [3.8, 4) is 0 Å². The minimum Gasteiger partial charge on any atom is -0.469 e. The van der Waals surface area contributed by atoms with Crippen molar-refractivity contribution in [1.29, 1.82) is 0 Å². The maximum absolute atomic E-state index is 11.1. The molecular weight excluding hydrogens is 270 g/mol. The highest BCUT2D eigenvalue weighted by Crippen LogP contribution is 2.13. The topological polar surface area (TPSA) is 103 Å². The van der Waals surface area contributed by atoms with Crippen molar-refractivity contribution in [2.75, 3.05) is 25.1 Å². The van der Waals surface area contributed by atoms with Gasteiger partial charge in [-0.15, -0.1) is 0 Å². The highest BCUT2D eigenvalue weighted by Gasteiger charge is 2.12. The molecule has 0 aliphatic carbocycles. The molecule has 0 aliphatic rings. The molecule has 0 saturated heterocycles. The van der Waals surface area contributed by atoms with Gasteiger partial charge in [0.2, 0.25) is 10.0 Å². The summed E-state index contributed by atoms with van der Waals surface area (Å²) in [6, 6.07) is 2.94. The highest BCUT2D eigenvalue weighted by molar-refractivity contribution is 7.89. The zero-order chi connectivity index (χ0) is 14.5. The molecule has 0 unspecified atom stereocenters. The second kappa shape index (κ2) is 6.48. The van der Waals surface area contributed by atoms with Crippen LogP contribution in [-0.2, 0) is 19.6 Å². The number of primary sulfonamides is 1. The Kier molecular flexibility index (Phi) is 5.25. The van der Waals surface area contributed by atoms with E-state index in [4.69, 9.17) is 5.14 Å². The molecule has 0 saturated carbocycles. The summed E-state index contributed by atoms with van der Waals surface area (Å²) in [5, 5.41) is 4.99. The number of carbonyl (C=O) groups excluding carboxylic acids is 1. The number of hydrogen-bond donors (Lipinski definition) is 1. The van der Waals surface area contributed by atoms with Crippen molar-refractivity contribution in [2.24, 2.45) is 5.14 Å². The second-order valence-electron chi connectivity index (χ2n) is 3.80. The van der Waals surface area contributed by atoms with E-state index in [-0.39, 0.29) is 17.3 Å². The summed E-state index contributed by atoms with van der Waals surface area (Å²) in [5.74, 6) is 0.276. The van der Waals surface area contributed by atoms with Crippen molar-refractivity contribution < 1.29 is 17.9 Å². The van der Waals surface area contributed by atoms with Gasteiger partial charge in [-0.1, -0.05) is 0 Å². The summed E-state index contributed by atoms with van der Waals surface area (Å²) in [4.78, 5) is 16.9. The van der Waals surface area contributed by atoms with Crippen molar-refractivity contribution in [1.82, 2.24) is 4.98 Å². The smallest absolute Gasteiger partial charge is 0.307 e. The number of esters is 1. The van der Waals surface area contributed by atoms with Crippen molar-refractivity contribution in [3.05, 3.63) is 18.3 Å². The second-order valence-corrected chi connectivity index (χ2v) is 5.36. The van der Waals surface area contributed by atoms with Crippen LogP contribution in [0.3, 0.4) is 0 Å². The Morgan fingerprint density at radius 1 is 1.47 bits per heavy atom. The van der Waals surface area contributed by atoms with E-state index in [0.29, 0.717) is 18.9 Å². The first-order valence-electron chi connectivity index (χ1n) is 5.69. The lowest BCUT2D eigenvalue weighted by atomic mass is 10.3. The number of rotatable bonds is 6. The summed E-state index contributed by atoms with van der Waals surface area (Å²) in [5.41, 5.74) is 0. The number of carbonyl (C=O) groups is 1. The fraction of sp³-hybridized carbons (Fsp3) is 0.455. The summed E-state index contributed by atoms with van der Waals surface area (Å²) in [7, 11) is -2.41. The van der Waals surface area contributed by atoms with Crippen LogP contribution in [0.1, 0.15) is 13.3 Å². The van der Waals surface area contributed by atoms with Gasteiger partial charge in [-0.25, -0.2) is 18.5 Å². The normalized spacial score (nSPS) is 11.1. The predicted octanol–water partition coefficient (Wildman–Crippen LogP) is 0.118. The van der Waals surface area contributed by atoms with Crippen molar-refractivity contribution in [3.63, 3.8) is 0 Å². The fourth-order valence-electron chi connectivity index (χ4n) is 1.49. The average molecular weight is 287 g/mol. The third-order valence-corrected chi connectivity index (χ3v) is 3.47. The molecule has 0 aromatic carbocycles. The van der Waals surface area contributed by atoms with Crippen LogP contribution in [0.4, 0.5) is 5.82 Å². The third kappa shape index (κ3) is 4.49. The molecule has 0 aliphatic heterocycles. The zero-order valence-electron chi connectivity index (χ0n) is 10.9. The lowest BCUT2D eigenvalue weighted by Gasteiger charge is -2.21. The molecule has 0 bridgehead atoms. The first-order valence-corrected chi connectivity index (χ1v) is 7.23. The number of anilines is 1. The Balaban J connectivity index is 2.80. The van der Waals surface area contributed by atoms with Gasteiger partial charge in [-0.05, 0) is 19.1 Å². The summed E-state index contributed by atoms with van der Waals surface area (Å²) >= 11 is 0. The van der Waals surface area contributed by atoms with Crippen LogP contribution in [-0.4, -0.2) is 39.6 Å². The van der Waals surface area contributed by atoms with E-state index in [2.05, 4.69) is 9.72 Å². The highest BCUT2D eigenvalue weighted by atomic mass is 32.2. The zero-order valence-corrected chi connectivity index (χ0v) is 11.7. The Morgan fingerprint density at radius 2 is 2.16 bits per heavy atom. The van der Waals surface area contributed by atoms with Crippen LogP contribution < -0.4 is 10.0 Å². The molecule has 2 N–H and O–H groups in total. The molecule has 1 rings (SSSR count). The fourth-order valence-corrected chi connectivity index (χ4v) is 1.95. The molecule has 0 amide bonds.